The average molecular weight is 296 g/mol. The monoisotopic (exact) mass is 295 g/mol. The molecule has 20 heavy (non-hydrogen) atoms. The summed E-state index contributed by atoms with van der Waals surface area (Å²) in [7, 11) is 0. The zero-order valence-electron chi connectivity index (χ0n) is 11.3. The van der Waals surface area contributed by atoms with Crippen molar-refractivity contribution >= 4 is 17.5 Å². The van der Waals surface area contributed by atoms with E-state index in [1.165, 1.54) is 12.1 Å². The SMILES string of the molecule is CCCNc1ncc(C)c(Oc2ccc(Cl)c(F)c2)n1. The van der Waals surface area contributed by atoms with Crippen LogP contribution in [0.4, 0.5) is 10.3 Å². The van der Waals surface area contributed by atoms with Crippen molar-refractivity contribution in [3.8, 4) is 11.6 Å². The van der Waals surface area contributed by atoms with E-state index in [2.05, 4.69) is 22.2 Å². The molecule has 0 fully saturated rings. The molecule has 0 saturated heterocycles. The Bertz CT molecular complexity index is 607. The van der Waals surface area contributed by atoms with E-state index in [0.29, 0.717) is 17.6 Å². The van der Waals surface area contributed by atoms with Gasteiger partial charge in [0.2, 0.25) is 11.8 Å². The molecule has 1 N–H and O–H groups in total. The number of benzene rings is 1. The Morgan fingerprint density at radius 3 is 2.90 bits per heavy atom. The summed E-state index contributed by atoms with van der Waals surface area (Å²) in [5.41, 5.74) is 0.766. The van der Waals surface area contributed by atoms with Crippen molar-refractivity contribution < 1.29 is 9.13 Å². The normalized spacial score (nSPS) is 10.4. The zero-order chi connectivity index (χ0) is 14.5. The van der Waals surface area contributed by atoms with Crippen molar-refractivity contribution in [2.24, 2.45) is 0 Å². The largest absolute Gasteiger partial charge is 0.438 e. The molecule has 0 aliphatic rings. The van der Waals surface area contributed by atoms with Gasteiger partial charge in [-0.1, -0.05) is 18.5 Å². The molecule has 0 atom stereocenters. The van der Waals surface area contributed by atoms with E-state index in [1.807, 2.05) is 6.92 Å². The minimum absolute atomic E-state index is 0.0575. The molecule has 6 heteroatoms. The lowest BCUT2D eigenvalue weighted by molar-refractivity contribution is 0.453. The molecule has 4 nitrogen and oxygen atoms in total. The Morgan fingerprint density at radius 2 is 2.20 bits per heavy atom. The first-order chi connectivity index (χ1) is 9.60. The van der Waals surface area contributed by atoms with Crippen LogP contribution in [0.15, 0.2) is 24.4 Å². The number of nitrogens with one attached hydrogen (secondary N) is 1. The maximum absolute atomic E-state index is 13.4. The molecular weight excluding hydrogens is 281 g/mol. The van der Waals surface area contributed by atoms with Crippen LogP contribution in [0.1, 0.15) is 18.9 Å². The number of halogens is 2. The highest BCUT2D eigenvalue weighted by atomic mass is 35.5. The molecular formula is C14H15ClFN3O. The van der Waals surface area contributed by atoms with E-state index in [9.17, 15) is 4.39 Å². The van der Waals surface area contributed by atoms with Crippen LogP contribution in [0.3, 0.4) is 0 Å². The lowest BCUT2D eigenvalue weighted by Crippen LogP contribution is -2.05. The second-order valence-corrected chi connectivity index (χ2v) is 4.69. The van der Waals surface area contributed by atoms with Gasteiger partial charge in [0.15, 0.2) is 0 Å². The van der Waals surface area contributed by atoms with Crippen LogP contribution in [-0.4, -0.2) is 16.5 Å². The van der Waals surface area contributed by atoms with Crippen LogP contribution < -0.4 is 10.1 Å². The highest BCUT2D eigenvalue weighted by molar-refractivity contribution is 6.30. The van der Waals surface area contributed by atoms with Crippen molar-refractivity contribution in [3.05, 3.63) is 40.8 Å². The van der Waals surface area contributed by atoms with Crippen LogP contribution in [0.5, 0.6) is 11.6 Å². The van der Waals surface area contributed by atoms with Gasteiger partial charge in [-0.25, -0.2) is 9.37 Å². The summed E-state index contributed by atoms with van der Waals surface area (Å²) in [6.07, 6.45) is 2.63. The van der Waals surface area contributed by atoms with Crippen LogP contribution >= 0.6 is 11.6 Å². The Kier molecular flexibility index (Phi) is 4.74. The standard InChI is InChI=1S/C14H15ClFN3O/c1-3-6-17-14-18-8-9(2)13(19-14)20-10-4-5-11(15)12(16)7-10/h4-5,7-8H,3,6H2,1-2H3,(H,17,18,19). The van der Waals surface area contributed by atoms with E-state index in [4.69, 9.17) is 16.3 Å². The van der Waals surface area contributed by atoms with Gasteiger partial charge < -0.3 is 10.1 Å². The summed E-state index contributed by atoms with van der Waals surface area (Å²) in [6.45, 7) is 4.65. The van der Waals surface area contributed by atoms with E-state index >= 15 is 0 Å². The third-order valence-electron chi connectivity index (χ3n) is 2.56. The predicted molar refractivity (Wildman–Crippen MR) is 77.0 cm³/mol. The second kappa shape index (κ2) is 6.52. The Morgan fingerprint density at radius 1 is 1.40 bits per heavy atom. The lowest BCUT2D eigenvalue weighted by Gasteiger charge is -2.10. The summed E-state index contributed by atoms with van der Waals surface area (Å²) >= 11 is 5.63. The fourth-order valence-electron chi connectivity index (χ4n) is 1.50. The first-order valence-corrected chi connectivity index (χ1v) is 6.68. The number of ether oxygens (including phenoxy) is 1. The summed E-state index contributed by atoms with van der Waals surface area (Å²) in [4.78, 5) is 8.41. The lowest BCUT2D eigenvalue weighted by atomic mass is 10.3. The molecule has 0 unspecified atom stereocenters. The average Bonchev–Trinajstić information content (AvgIpc) is 2.44. The maximum Gasteiger partial charge on any atom is 0.226 e. The zero-order valence-corrected chi connectivity index (χ0v) is 12.0. The van der Waals surface area contributed by atoms with Gasteiger partial charge >= 0.3 is 0 Å². The molecule has 1 aromatic carbocycles. The third-order valence-corrected chi connectivity index (χ3v) is 2.87. The molecule has 2 rings (SSSR count). The molecule has 106 valence electrons. The summed E-state index contributed by atoms with van der Waals surface area (Å²) in [5.74, 6) is 0.692. The quantitative estimate of drug-likeness (QED) is 0.898. The molecule has 0 amide bonds. The van der Waals surface area contributed by atoms with Crippen molar-refractivity contribution in [2.45, 2.75) is 20.3 Å². The van der Waals surface area contributed by atoms with Crippen LogP contribution in [0.25, 0.3) is 0 Å². The number of anilines is 1. The highest BCUT2D eigenvalue weighted by Crippen LogP contribution is 2.26. The van der Waals surface area contributed by atoms with Crippen molar-refractivity contribution in [3.63, 3.8) is 0 Å². The van der Waals surface area contributed by atoms with Gasteiger partial charge in [-0.3, -0.25) is 0 Å². The molecule has 2 aromatic rings. The molecule has 0 radical (unpaired) electrons. The smallest absolute Gasteiger partial charge is 0.226 e. The summed E-state index contributed by atoms with van der Waals surface area (Å²) < 4.78 is 18.9. The Balaban J connectivity index is 2.20. The first kappa shape index (κ1) is 14.5. The minimum Gasteiger partial charge on any atom is -0.438 e. The number of hydrogen-bond donors (Lipinski definition) is 1. The topological polar surface area (TPSA) is 47.0 Å². The maximum atomic E-state index is 13.4. The molecule has 0 aliphatic heterocycles. The van der Waals surface area contributed by atoms with Crippen molar-refractivity contribution in [2.75, 3.05) is 11.9 Å². The van der Waals surface area contributed by atoms with Gasteiger partial charge in [0.1, 0.15) is 11.6 Å². The molecule has 0 spiro atoms. The van der Waals surface area contributed by atoms with Gasteiger partial charge in [0, 0.05) is 24.4 Å². The van der Waals surface area contributed by atoms with E-state index in [0.717, 1.165) is 18.5 Å². The van der Waals surface area contributed by atoms with Gasteiger partial charge in [-0.2, -0.15) is 4.98 Å². The number of nitrogens with zero attached hydrogens (tertiary/aromatic N) is 2. The van der Waals surface area contributed by atoms with Crippen LogP contribution in [-0.2, 0) is 0 Å². The van der Waals surface area contributed by atoms with Crippen LogP contribution in [0, 0.1) is 12.7 Å². The van der Waals surface area contributed by atoms with Gasteiger partial charge in [-0.15, -0.1) is 0 Å². The van der Waals surface area contributed by atoms with Gasteiger partial charge in [-0.05, 0) is 25.5 Å². The minimum atomic E-state index is -0.528. The van der Waals surface area contributed by atoms with E-state index < -0.39 is 5.82 Å². The Labute approximate surface area is 122 Å². The van der Waals surface area contributed by atoms with Crippen molar-refractivity contribution in [1.82, 2.24) is 9.97 Å². The molecule has 0 bridgehead atoms. The second-order valence-electron chi connectivity index (χ2n) is 4.29. The first-order valence-electron chi connectivity index (χ1n) is 6.30. The molecule has 1 aromatic heterocycles. The van der Waals surface area contributed by atoms with Gasteiger partial charge in [0.25, 0.3) is 0 Å². The predicted octanol–water partition coefficient (Wildman–Crippen LogP) is 4.19. The number of aryl methyl sites for hydroxylation is 1. The Hall–Kier alpha value is -1.88. The number of rotatable bonds is 5. The fraction of sp³-hybridized carbons (Fsp3) is 0.286. The molecule has 0 saturated carbocycles. The van der Waals surface area contributed by atoms with E-state index in [1.54, 1.807) is 12.3 Å². The molecule has 1 heterocycles. The third kappa shape index (κ3) is 3.57. The highest BCUT2D eigenvalue weighted by Gasteiger charge is 2.08. The number of aromatic nitrogens is 2. The fourth-order valence-corrected chi connectivity index (χ4v) is 1.62. The summed E-state index contributed by atoms with van der Waals surface area (Å²) in [5, 5.41) is 3.13. The van der Waals surface area contributed by atoms with Gasteiger partial charge in [0.05, 0.1) is 5.02 Å². The number of hydrogen-bond acceptors (Lipinski definition) is 4. The summed E-state index contributed by atoms with van der Waals surface area (Å²) in [6, 6.07) is 4.26. The van der Waals surface area contributed by atoms with Crippen LogP contribution in [0.2, 0.25) is 5.02 Å². The van der Waals surface area contributed by atoms with E-state index in [-0.39, 0.29) is 5.02 Å². The molecule has 0 aliphatic carbocycles. The van der Waals surface area contributed by atoms with Crippen molar-refractivity contribution in [1.29, 1.82) is 0 Å².